The third kappa shape index (κ3) is 4.72. The normalized spacial score (nSPS) is 17.3. The lowest BCUT2D eigenvalue weighted by molar-refractivity contribution is -0.148. The minimum Gasteiger partial charge on any atom is -0.480 e. The van der Waals surface area contributed by atoms with Crippen molar-refractivity contribution in [3.8, 4) is 11.1 Å². The van der Waals surface area contributed by atoms with Gasteiger partial charge in [0.25, 0.3) is 0 Å². The monoisotopic (exact) mass is 450 g/mol. The maximum atomic E-state index is 12.5. The molecule has 7 nitrogen and oxygen atoms in total. The summed E-state index contributed by atoms with van der Waals surface area (Å²) < 4.78 is 5.51. The zero-order chi connectivity index (χ0) is 23.6. The van der Waals surface area contributed by atoms with E-state index in [0.29, 0.717) is 6.42 Å². The summed E-state index contributed by atoms with van der Waals surface area (Å²) in [6.45, 7) is 3.78. The molecule has 0 aromatic heterocycles. The minimum atomic E-state index is -1.23. The summed E-state index contributed by atoms with van der Waals surface area (Å²) in [5, 5.41) is 14.9. The number of fused-ring (bicyclic) bond motifs is 3. The van der Waals surface area contributed by atoms with Gasteiger partial charge in [-0.3, -0.25) is 4.79 Å². The summed E-state index contributed by atoms with van der Waals surface area (Å²) in [6.07, 6.45) is 1.47. The number of carboxylic acids is 1. The first kappa shape index (κ1) is 22.8. The van der Waals surface area contributed by atoms with Gasteiger partial charge in [0.1, 0.15) is 12.1 Å². The van der Waals surface area contributed by atoms with E-state index in [1.165, 1.54) is 11.1 Å². The molecule has 2 atom stereocenters. The van der Waals surface area contributed by atoms with Crippen molar-refractivity contribution < 1.29 is 24.2 Å². The topological polar surface area (TPSA) is 105 Å². The fourth-order valence-electron chi connectivity index (χ4n) is 4.54. The van der Waals surface area contributed by atoms with E-state index in [0.717, 1.165) is 24.0 Å². The van der Waals surface area contributed by atoms with Gasteiger partial charge in [-0.05, 0) is 54.4 Å². The molecule has 3 N–H and O–H groups in total. The van der Waals surface area contributed by atoms with Gasteiger partial charge in [0.2, 0.25) is 5.91 Å². The second kappa shape index (κ2) is 9.25. The summed E-state index contributed by atoms with van der Waals surface area (Å²) in [7, 11) is 0. The quantitative estimate of drug-likeness (QED) is 0.537. The van der Waals surface area contributed by atoms with Crippen molar-refractivity contribution in [1.82, 2.24) is 10.6 Å². The van der Waals surface area contributed by atoms with Gasteiger partial charge in [-0.1, -0.05) is 55.5 Å². The van der Waals surface area contributed by atoms with Gasteiger partial charge in [0, 0.05) is 18.4 Å². The van der Waals surface area contributed by atoms with Crippen molar-refractivity contribution in [3.63, 3.8) is 0 Å². The van der Waals surface area contributed by atoms with Crippen LogP contribution in [0.15, 0.2) is 48.5 Å². The van der Waals surface area contributed by atoms with Crippen LogP contribution in [0.4, 0.5) is 4.79 Å². The minimum absolute atomic E-state index is 0.0102. The third-order valence-electron chi connectivity index (χ3n) is 6.86. The Bertz CT molecular complexity index is 1020. The SMILES string of the molecule is CC(CCNC(=O)OCC1c2ccccc2-c2ccccc21)C(=O)NC(C)(C(=O)O)C1CC1. The molecule has 1 fully saturated rings. The van der Waals surface area contributed by atoms with Crippen LogP contribution >= 0.6 is 0 Å². The molecule has 0 heterocycles. The van der Waals surface area contributed by atoms with Gasteiger partial charge in [-0.15, -0.1) is 0 Å². The summed E-state index contributed by atoms with van der Waals surface area (Å²) in [4.78, 5) is 36.4. The smallest absolute Gasteiger partial charge is 0.407 e. The van der Waals surface area contributed by atoms with Crippen LogP contribution in [0.1, 0.15) is 50.2 Å². The lowest BCUT2D eigenvalue weighted by Crippen LogP contribution is -2.55. The average Bonchev–Trinajstić information content (AvgIpc) is 3.61. The number of rotatable bonds is 9. The van der Waals surface area contributed by atoms with Crippen molar-refractivity contribution in [3.05, 3.63) is 59.7 Å². The zero-order valence-electron chi connectivity index (χ0n) is 19.0. The van der Waals surface area contributed by atoms with E-state index in [4.69, 9.17) is 4.74 Å². The van der Waals surface area contributed by atoms with Crippen molar-refractivity contribution in [1.29, 1.82) is 0 Å². The number of carbonyl (C=O) groups excluding carboxylic acids is 2. The van der Waals surface area contributed by atoms with Crippen LogP contribution in [0.25, 0.3) is 11.1 Å². The third-order valence-corrected chi connectivity index (χ3v) is 6.86. The largest absolute Gasteiger partial charge is 0.480 e. The van der Waals surface area contributed by atoms with Crippen LogP contribution < -0.4 is 10.6 Å². The van der Waals surface area contributed by atoms with E-state index in [2.05, 4.69) is 34.9 Å². The summed E-state index contributed by atoms with van der Waals surface area (Å²) >= 11 is 0. The standard InChI is InChI=1S/C26H30N2O5/c1-16(23(29)28-26(2,24(30)31)17-11-12-17)13-14-27-25(32)33-15-22-20-9-5-3-7-18(20)19-8-4-6-10-21(19)22/h3-10,16-17,22H,11-15H2,1-2H3,(H,27,32)(H,28,29)(H,30,31). The van der Waals surface area contributed by atoms with Gasteiger partial charge in [0.05, 0.1) is 0 Å². The molecule has 2 amide bonds. The highest BCUT2D eigenvalue weighted by molar-refractivity contribution is 5.88. The molecular weight excluding hydrogens is 420 g/mol. The van der Waals surface area contributed by atoms with Crippen molar-refractivity contribution in [2.24, 2.45) is 11.8 Å². The van der Waals surface area contributed by atoms with E-state index in [1.54, 1.807) is 13.8 Å². The molecule has 2 unspecified atom stereocenters. The molecule has 0 aliphatic heterocycles. The molecule has 33 heavy (non-hydrogen) atoms. The molecule has 174 valence electrons. The lowest BCUT2D eigenvalue weighted by Gasteiger charge is -2.27. The molecule has 2 aliphatic carbocycles. The van der Waals surface area contributed by atoms with Gasteiger partial charge < -0.3 is 20.5 Å². The fourth-order valence-corrected chi connectivity index (χ4v) is 4.54. The summed E-state index contributed by atoms with van der Waals surface area (Å²) in [5.41, 5.74) is 3.40. The Kier molecular flexibility index (Phi) is 6.40. The molecule has 0 radical (unpaired) electrons. The van der Waals surface area contributed by atoms with Crippen LogP contribution in [-0.2, 0) is 14.3 Å². The van der Waals surface area contributed by atoms with Crippen molar-refractivity contribution >= 4 is 18.0 Å². The average molecular weight is 451 g/mol. The first-order valence-electron chi connectivity index (χ1n) is 11.5. The molecule has 0 bridgehead atoms. The predicted octanol–water partition coefficient (Wildman–Crippen LogP) is 3.92. The van der Waals surface area contributed by atoms with E-state index in [9.17, 15) is 19.5 Å². The molecule has 0 saturated heterocycles. The lowest BCUT2D eigenvalue weighted by atomic mass is 9.94. The number of aliphatic carboxylic acids is 1. The highest BCUT2D eigenvalue weighted by Gasteiger charge is 2.48. The Morgan fingerprint density at radius 1 is 1.06 bits per heavy atom. The number of carboxylic acid groups (broad SMARTS) is 1. The summed E-state index contributed by atoms with van der Waals surface area (Å²) in [5.74, 6) is -1.80. The van der Waals surface area contributed by atoms with Gasteiger partial charge >= 0.3 is 12.1 Å². The number of ether oxygens (including phenoxy) is 1. The van der Waals surface area contributed by atoms with Crippen molar-refractivity contribution in [2.45, 2.75) is 44.6 Å². The Labute approximate surface area is 193 Å². The molecule has 4 rings (SSSR count). The van der Waals surface area contributed by atoms with Gasteiger partial charge in [0.15, 0.2) is 0 Å². The van der Waals surface area contributed by atoms with Gasteiger partial charge in [-0.2, -0.15) is 0 Å². The Morgan fingerprint density at radius 3 is 2.18 bits per heavy atom. The van der Waals surface area contributed by atoms with Crippen LogP contribution in [0.3, 0.4) is 0 Å². The molecule has 1 saturated carbocycles. The predicted molar refractivity (Wildman–Crippen MR) is 124 cm³/mol. The molecule has 2 aromatic carbocycles. The molecule has 0 spiro atoms. The second-order valence-corrected chi connectivity index (χ2v) is 9.21. The fraction of sp³-hybridized carbons (Fsp3) is 0.423. The first-order valence-corrected chi connectivity index (χ1v) is 11.5. The Hall–Kier alpha value is -3.35. The highest BCUT2D eigenvalue weighted by atomic mass is 16.5. The second-order valence-electron chi connectivity index (χ2n) is 9.21. The van der Waals surface area contributed by atoms with E-state index < -0.39 is 23.5 Å². The number of benzene rings is 2. The number of amides is 2. The van der Waals surface area contributed by atoms with Crippen LogP contribution in [0, 0.1) is 11.8 Å². The summed E-state index contributed by atoms with van der Waals surface area (Å²) in [6, 6.07) is 16.3. The maximum absolute atomic E-state index is 12.5. The van der Waals surface area contributed by atoms with E-state index in [-0.39, 0.29) is 30.9 Å². The zero-order valence-corrected chi connectivity index (χ0v) is 19.0. The first-order chi connectivity index (χ1) is 15.8. The van der Waals surface area contributed by atoms with Gasteiger partial charge in [-0.25, -0.2) is 9.59 Å². The number of carbonyl (C=O) groups is 3. The van der Waals surface area contributed by atoms with Crippen molar-refractivity contribution in [2.75, 3.05) is 13.2 Å². The Morgan fingerprint density at radius 2 is 1.64 bits per heavy atom. The number of hydrogen-bond acceptors (Lipinski definition) is 4. The highest BCUT2D eigenvalue weighted by Crippen LogP contribution is 2.44. The Balaban J connectivity index is 1.25. The van der Waals surface area contributed by atoms with E-state index >= 15 is 0 Å². The van der Waals surface area contributed by atoms with Crippen LogP contribution in [-0.4, -0.2) is 41.8 Å². The van der Waals surface area contributed by atoms with E-state index in [1.807, 2.05) is 24.3 Å². The number of hydrogen-bond donors (Lipinski definition) is 3. The molecule has 7 heteroatoms. The number of nitrogens with one attached hydrogen (secondary N) is 2. The van der Waals surface area contributed by atoms with Crippen LogP contribution in [0.2, 0.25) is 0 Å². The molecule has 2 aromatic rings. The maximum Gasteiger partial charge on any atom is 0.407 e. The molecule has 2 aliphatic rings. The van der Waals surface area contributed by atoms with Crippen LogP contribution in [0.5, 0.6) is 0 Å². The molecular formula is C26H30N2O5. The number of alkyl carbamates (subject to hydrolysis) is 1.